The molecule has 0 aliphatic heterocycles. The SMILES string of the molecule is COCCCNC(C)c1ccccc1[N+](=O)[O-]. The standard InChI is InChI=1S/C12H18N2O3/c1-10(13-8-5-9-17-2)11-6-3-4-7-12(11)14(15)16/h3-4,6-7,10,13H,5,8-9H2,1-2H3. The lowest BCUT2D eigenvalue weighted by molar-refractivity contribution is -0.385. The van der Waals surface area contributed by atoms with E-state index < -0.39 is 0 Å². The highest BCUT2D eigenvalue weighted by atomic mass is 16.6. The van der Waals surface area contributed by atoms with E-state index in [9.17, 15) is 10.1 Å². The second-order valence-electron chi connectivity index (χ2n) is 3.84. The Labute approximate surface area is 101 Å². The van der Waals surface area contributed by atoms with E-state index >= 15 is 0 Å². The first-order valence-electron chi connectivity index (χ1n) is 5.62. The quantitative estimate of drug-likeness (QED) is 0.449. The first-order chi connectivity index (χ1) is 8.16. The Morgan fingerprint density at radius 1 is 1.47 bits per heavy atom. The molecule has 1 aromatic carbocycles. The summed E-state index contributed by atoms with van der Waals surface area (Å²) in [7, 11) is 1.66. The molecule has 5 nitrogen and oxygen atoms in total. The summed E-state index contributed by atoms with van der Waals surface area (Å²) in [6.45, 7) is 3.40. The molecular formula is C12H18N2O3. The van der Waals surface area contributed by atoms with Gasteiger partial charge in [0.2, 0.25) is 0 Å². The van der Waals surface area contributed by atoms with Crippen LogP contribution in [0.15, 0.2) is 24.3 Å². The van der Waals surface area contributed by atoms with E-state index in [0.29, 0.717) is 6.61 Å². The fraction of sp³-hybridized carbons (Fsp3) is 0.500. The number of methoxy groups -OCH3 is 1. The number of hydrogen-bond acceptors (Lipinski definition) is 4. The molecule has 0 radical (unpaired) electrons. The Bertz CT molecular complexity index is 369. The molecule has 0 aromatic heterocycles. The van der Waals surface area contributed by atoms with Crippen LogP contribution in [0.4, 0.5) is 5.69 Å². The van der Waals surface area contributed by atoms with Gasteiger partial charge in [-0.2, -0.15) is 0 Å². The van der Waals surface area contributed by atoms with Crippen LogP contribution in [0.3, 0.4) is 0 Å². The van der Waals surface area contributed by atoms with Crippen LogP contribution in [-0.2, 0) is 4.74 Å². The Balaban J connectivity index is 2.62. The number of rotatable bonds is 7. The smallest absolute Gasteiger partial charge is 0.274 e. The zero-order chi connectivity index (χ0) is 12.7. The summed E-state index contributed by atoms with van der Waals surface area (Å²) in [5.74, 6) is 0. The minimum absolute atomic E-state index is 0.0338. The third-order valence-corrected chi connectivity index (χ3v) is 2.58. The van der Waals surface area contributed by atoms with Crippen LogP contribution >= 0.6 is 0 Å². The number of hydrogen-bond donors (Lipinski definition) is 1. The minimum atomic E-state index is -0.345. The maximum atomic E-state index is 10.9. The lowest BCUT2D eigenvalue weighted by atomic mass is 10.1. The van der Waals surface area contributed by atoms with E-state index in [1.165, 1.54) is 6.07 Å². The van der Waals surface area contributed by atoms with Gasteiger partial charge in [0, 0.05) is 31.4 Å². The number of benzene rings is 1. The van der Waals surface area contributed by atoms with Crippen LogP contribution in [0.25, 0.3) is 0 Å². The van der Waals surface area contributed by atoms with Crippen LogP contribution in [0, 0.1) is 10.1 Å². The third kappa shape index (κ3) is 4.13. The second-order valence-corrected chi connectivity index (χ2v) is 3.84. The van der Waals surface area contributed by atoms with Crippen molar-refractivity contribution in [3.05, 3.63) is 39.9 Å². The Morgan fingerprint density at radius 3 is 2.82 bits per heavy atom. The van der Waals surface area contributed by atoms with Crippen LogP contribution < -0.4 is 5.32 Å². The topological polar surface area (TPSA) is 64.4 Å². The van der Waals surface area contributed by atoms with Crippen molar-refractivity contribution >= 4 is 5.69 Å². The van der Waals surface area contributed by atoms with E-state index in [1.807, 2.05) is 13.0 Å². The van der Waals surface area contributed by atoms with Crippen molar-refractivity contribution in [3.63, 3.8) is 0 Å². The molecule has 0 heterocycles. The van der Waals surface area contributed by atoms with Gasteiger partial charge in [0.15, 0.2) is 0 Å². The molecule has 1 atom stereocenters. The monoisotopic (exact) mass is 238 g/mol. The summed E-state index contributed by atoms with van der Waals surface area (Å²) in [5.41, 5.74) is 0.883. The van der Waals surface area contributed by atoms with Crippen LogP contribution in [-0.4, -0.2) is 25.2 Å². The van der Waals surface area contributed by atoms with Gasteiger partial charge >= 0.3 is 0 Å². The highest BCUT2D eigenvalue weighted by Crippen LogP contribution is 2.24. The molecule has 0 bridgehead atoms. The Morgan fingerprint density at radius 2 is 2.18 bits per heavy atom. The van der Waals surface area contributed by atoms with Crippen molar-refractivity contribution in [1.82, 2.24) is 5.32 Å². The van der Waals surface area contributed by atoms with Crippen molar-refractivity contribution in [2.75, 3.05) is 20.3 Å². The molecule has 1 rings (SSSR count). The summed E-state index contributed by atoms with van der Waals surface area (Å²) in [4.78, 5) is 10.5. The highest BCUT2D eigenvalue weighted by molar-refractivity contribution is 5.41. The van der Waals surface area contributed by atoms with Gasteiger partial charge in [0.1, 0.15) is 0 Å². The lowest BCUT2D eigenvalue weighted by Gasteiger charge is -2.14. The molecule has 1 unspecified atom stereocenters. The maximum absolute atomic E-state index is 10.9. The van der Waals surface area contributed by atoms with Crippen molar-refractivity contribution < 1.29 is 9.66 Å². The number of nitrogens with one attached hydrogen (secondary N) is 1. The Kier molecular flexibility index (Phi) is 5.59. The van der Waals surface area contributed by atoms with E-state index in [2.05, 4.69) is 5.32 Å². The molecule has 0 aliphatic carbocycles. The van der Waals surface area contributed by atoms with Crippen molar-refractivity contribution in [2.45, 2.75) is 19.4 Å². The minimum Gasteiger partial charge on any atom is -0.385 e. The van der Waals surface area contributed by atoms with Crippen LogP contribution in [0.5, 0.6) is 0 Å². The van der Waals surface area contributed by atoms with Gasteiger partial charge in [-0.1, -0.05) is 18.2 Å². The fourth-order valence-electron chi connectivity index (χ4n) is 1.66. The largest absolute Gasteiger partial charge is 0.385 e. The maximum Gasteiger partial charge on any atom is 0.274 e. The number of nitro groups is 1. The van der Waals surface area contributed by atoms with E-state index in [0.717, 1.165) is 18.5 Å². The molecule has 0 aliphatic rings. The molecule has 0 saturated heterocycles. The van der Waals surface area contributed by atoms with Gasteiger partial charge in [-0.3, -0.25) is 10.1 Å². The zero-order valence-corrected chi connectivity index (χ0v) is 10.2. The van der Waals surface area contributed by atoms with Gasteiger partial charge in [-0.15, -0.1) is 0 Å². The van der Waals surface area contributed by atoms with E-state index in [-0.39, 0.29) is 16.7 Å². The second kappa shape index (κ2) is 6.98. The first-order valence-corrected chi connectivity index (χ1v) is 5.62. The number of ether oxygens (including phenoxy) is 1. The van der Waals surface area contributed by atoms with Crippen LogP contribution in [0.1, 0.15) is 24.9 Å². The third-order valence-electron chi connectivity index (χ3n) is 2.58. The summed E-state index contributed by atoms with van der Waals surface area (Å²) in [6.07, 6.45) is 0.890. The molecule has 0 amide bonds. The van der Waals surface area contributed by atoms with E-state index in [1.54, 1.807) is 19.2 Å². The predicted molar refractivity (Wildman–Crippen MR) is 66.0 cm³/mol. The number of nitrogens with zero attached hydrogens (tertiary/aromatic N) is 1. The zero-order valence-electron chi connectivity index (χ0n) is 10.2. The lowest BCUT2D eigenvalue weighted by Crippen LogP contribution is -2.21. The Hall–Kier alpha value is -1.46. The number of nitro benzene ring substituents is 1. The summed E-state index contributed by atoms with van der Waals surface area (Å²) in [5, 5.41) is 14.1. The van der Waals surface area contributed by atoms with Gasteiger partial charge in [-0.25, -0.2) is 0 Å². The number of para-hydroxylation sites is 1. The molecule has 5 heteroatoms. The normalized spacial score (nSPS) is 12.4. The van der Waals surface area contributed by atoms with Crippen LogP contribution in [0.2, 0.25) is 0 Å². The van der Waals surface area contributed by atoms with Crippen molar-refractivity contribution in [3.8, 4) is 0 Å². The van der Waals surface area contributed by atoms with Crippen molar-refractivity contribution in [2.24, 2.45) is 0 Å². The predicted octanol–water partition coefficient (Wildman–Crippen LogP) is 2.28. The van der Waals surface area contributed by atoms with Gasteiger partial charge in [0.05, 0.1) is 4.92 Å². The first kappa shape index (κ1) is 13.6. The molecule has 94 valence electrons. The molecule has 0 fully saturated rings. The molecule has 1 aromatic rings. The average molecular weight is 238 g/mol. The van der Waals surface area contributed by atoms with Gasteiger partial charge < -0.3 is 10.1 Å². The molecule has 0 saturated carbocycles. The van der Waals surface area contributed by atoms with Crippen molar-refractivity contribution in [1.29, 1.82) is 0 Å². The molecule has 1 N–H and O–H groups in total. The average Bonchev–Trinajstić information content (AvgIpc) is 2.34. The molecule has 0 spiro atoms. The summed E-state index contributed by atoms with van der Waals surface area (Å²) >= 11 is 0. The molecule has 17 heavy (non-hydrogen) atoms. The molecular weight excluding hydrogens is 220 g/mol. The van der Waals surface area contributed by atoms with E-state index in [4.69, 9.17) is 4.74 Å². The highest BCUT2D eigenvalue weighted by Gasteiger charge is 2.17. The fourth-order valence-corrected chi connectivity index (χ4v) is 1.66. The van der Waals surface area contributed by atoms with Gasteiger partial charge in [-0.05, 0) is 19.9 Å². The summed E-state index contributed by atoms with van der Waals surface area (Å²) in [6, 6.07) is 6.78. The summed E-state index contributed by atoms with van der Waals surface area (Å²) < 4.78 is 4.94. The van der Waals surface area contributed by atoms with Gasteiger partial charge in [0.25, 0.3) is 5.69 Å².